The van der Waals surface area contributed by atoms with Gasteiger partial charge >= 0.3 is 0 Å². The van der Waals surface area contributed by atoms with Crippen molar-refractivity contribution in [2.75, 3.05) is 12.8 Å². The molecule has 0 bridgehead atoms. The van der Waals surface area contributed by atoms with Gasteiger partial charge in [0.25, 0.3) is 5.56 Å². The number of rotatable bonds is 6. The molecule has 0 spiro atoms. The molecule has 1 amide bonds. The fraction of sp³-hybridized carbons (Fsp3) is 0.381. The Morgan fingerprint density at radius 3 is 2.70 bits per heavy atom. The number of amides is 1. The van der Waals surface area contributed by atoms with Gasteiger partial charge in [-0.25, -0.2) is 9.37 Å². The third kappa shape index (κ3) is 4.40. The van der Waals surface area contributed by atoms with E-state index < -0.39 is 5.82 Å². The molecule has 5 nitrogen and oxygen atoms in total. The molecule has 3 rings (SSSR count). The van der Waals surface area contributed by atoms with Gasteiger partial charge in [0.1, 0.15) is 10.6 Å². The van der Waals surface area contributed by atoms with Crippen LogP contribution in [0.4, 0.5) is 4.39 Å². The van der Waals surface area contributed by atoms with E-state index in [1.165, 1.54) is 40.1 Å². The van der Waals surface area contributed by atoms with Crippen molar-refractivity contribution in [1.82, 2.24) is 14.5 Å². The molecule has 0 aliphatic heterocycles. The number of halogens is 2. The van der Waals surface area contributed by atoms with Crippen molar-refractivity contribution in [1.29, 1.82) is 0 Å². The largest absolute Gasteiger partial charge is 0.341 e. The van der Waals surface area contributed by atoms with Crippen LogP contribution in [-0.2, 0) is 11.3 Å². The molecule has 2 aromatic heterocycles. The summed E-state index contributed by atoms with van der Waals surface area (Å²) in [6.45, 7) is 7.81. The first-order valence-corrected chi connectivity index (χ1v) is 11.6. The molecule has 1 aromatic carbocycles. The maximum absolute atomic E-state index is 14.0. The van der Waals surface area contributed by atoms with Crippen LogP contribution in [-0.4, -0.2) is 33.2 Å². The molecule has 0 N–H and O–H groups in total. The first-order valence-electron chi connectivity index (χ1n) is 9.43. The van der Waals surface area contributed by atoms with Gasteiger partial charge in [-0.1, -0.05) is 29.4 Å². The molecule has 30 heavy (non-hydrogen) atoms. The van der Waals surface area contributed by atoms with E-state index in [1.807, 2.05) is 27.7 Å². The van der Waals surface area contributed by atoms with Gasteiger partial charge in [0.15, 0.2) is 5.16 Å². The minimum absolute atomic E-state index is 0.0671. The average molecular weight is 468 g/mol. The molecule has 0 saturated carbocycles. The number of carbonyl (C=O) groups is 1. The number of thiophene rings is 1. The summed E-state index contributed by atoms with van der Waals surface area (Å²) in [5.74, 6) is -0.571. The summed E-state index contributed by atoms with van der Waals surface area (Å²) in [5.41, 5.74) is 1.15. The van der Waals surface area contributed by atoms with Gasteiger partial charge in [0, 0.05) is 35.1 Å². The summed E-state index contributed by atoms with van der Waals surface area (Å²) in [5, 5.41) is 1.44. The Morgan fingerprint density at radius 1 is 1.37 bits per heavy atom. The zero-order valence-corrected chi connectivity index (χ0v) is 19.8. The molecule has 0 atom stereocenters. The number of aromatic nitrogens is 2. The predicted octanol–water partition coefficient (Wildman–Crippen LogP) is 5.20. The van der Waals surface area contributed by atoms with Crippen LogP contribution in [0.1, 0.15) is 35.9 Å². The third-order valence-electron chi connectivity index (χ3n) is 4.93. The van der Waals surface area contributed by atoms with E-state index in [4.69, 9.17) is 11.6 Å². The van der Waals surface area contributed by atoms with E-state index in [-0.39, 0.29) is 40.4 Å². The number of aryl methyl sites for hydroxylation is 2. The van der Waals surface area contributed by atoms with Crippen LogP contribution in [0.3, 0.4) is 0 Å². The van der Waals surface area contributed by atoms with Gasteiger partial charge in [-0.05, 0) is 45.4 Å². The topological polar surface area (TPSA) is 55.2 Å². The maximum atomic E-state index is 14.0. The van der Waals surface area contributed by atoms with E-state index >= 15 is 0 Å². The Morgan fingerprint density at radius 2 is 2.07 bits per heavy atom. The van der Waals surface area contributed by atoms with Crippen LogP contribution < -0.4 is 5.56 Å². The second-order valence-electron chi connectivity index (χ2n) is 7.37. The van der Waals surface area contributed by atoms with Crippen LogP contribution in [0, 0.1) is 19.7 Å². The minimum atomic E-state index is -0.445. The summed E-state index contributed by atoms with van der Waals surface area (Å²) >= 11 is 8.76. The van der Waals surface area contributed by atoms with Crippen LogP contribution in [0.2, 0.25) is 5.02 Å². The fourth-order valence-corrected chi connectivity index (χ4v) is 5.45. The highest BCUT2D eigenvalue weighted by Gasteiger charge is 2.20. The van der Waals surface area contributed by atoms with Crippen molar-refractivity contribution in [3.8, 4) is 0 Å². The quantitative estimate of drug-likeness (QED) is 0.369. The van der Waals surface area contributed by atoms with Crippen LogP contribution in [0.15, 0.2) is 28.2 Å². The maximum Gasteiger partial charge on any atom is 0.263 e. The summed E-state index contributed by atoms with van der Waals surface area (Å²) in [7, 11) is 1.60. The highest BCUT2D eigenvalue weighted by molar-refractivity contribution is 7.99. The zero-order chi connectivity index (χ0) is 22.2. The van der Waals surface area contributed by atoms with Gasteiger partial charge in [-0.15, -0.1) is 11.3 Å². The number of carbonyl (C=O) groups excluding carboxylic acids is 1. The van der Waals surface area contributed by atoms with E-state index in [0.29, 0.717) is 15.4 Å². The van der Waals surface area contributed by atoms with Gasteiger partial charge < -0.3 is 4.90 Å². The third-order valence-corrected chi connectivity index (χ3v) is 7.32. The first-order chi connectivity index (χ1) is 14.1. The molecule has 3 aromatic rings. The lowest BCUT2D eigenvalue weighted by atomic mass is 10.2. The monoisotopic (exact) mass is 467 g/mol. The molecule has 2 heterocycles. The van der Waals surface area contributed by atoms with Crippen LogP contribution in [0.5, 0.6) is 0 Å². The van der Waals surface area contributed by atoms with E-state index in [9.17, 15) is 14.0 Å². The Balaban J connectivity index is 1.83. The van der Waals surface area contributed by atoms with E-state index in [0.717, 1.165) is 10.4 Å². The summed E-state index contributed by atoms with van der Waals surface area (Å²) < 4.78 is 15.7. The SMILES string of the molecule is Cc1sc2nc(SCC(=O)N(C)Cc3c(F)cccc3Cl)n(C(C)C)c(=O)c2c1C. The molecule has 0 aliphatic rings. The zero-order valence-electron chi connectivity index (χ0n) is 17.5. The van der Waals surface area contributed by atoms with Crippen molar-refractivity contribution in [3.63, 3.8) is 0 Å². The Bertz CT molecular complexity index is 1150. The lowest BCUT2D eigenvalue weighted by Gasteiger charge is -2.19. The van der Waals surface area contributed by atoms with Gasteiger partial charge in [-0.3, -0.25) is 14.2 Å². The lowest BCUT2D eigenvalue weighted by Crippen LogP contribution is -2.29. The minimum Gasteiger partial charge on any atom is -0.341 e. The molecule has 160 valence electrons. The normalized spacial score (nSPS) is 11.5. The molecule has 0 saturated heterocycles. The van der Waals surface area contributed by atoms with Gasteiger partial charge in [0.05, 0.1) is 11.1 Å². The number of thioether (sulfide) groups is 1. The fourth-order valence-electron chi connectivity index (χ4n) is 3.09. The molecular weight excluding hydrogens is 445 g/mol. The van der Waals surface area contributed by atoms with Gasteiger partial charge in [-0.2, -0.15) is 0 Å². The van der Waals surface area contributed by atoms with E-state index in [1.54, 1.807) is 17.7 Å². The second kappa shape index (κ2) is 9.08. The summed E-state index contributed by atoms with van der Waals surface area (Å²) in [6.07, 6.45) is 0. The smallest absolute Gasteiger partial charge is 0.263 e. The van der Waals surface area contributed by atoms with Crippen molar-refractivity contribution < 1.29 is 9.18 Å². The molecule has 9 heteroatoms. The molecule has 0 aliphatic carbocycles. The molecular formula is C21H23ClFN3O2S2. The highest BCUT2D eigenvalue weighted by Crippen LogP contribution is 2.29. The predicted molar refractivity (Wildman–Crippen MR) is 122 cm³/mol. The Labute approximate surface area is 187 Å². The Kier molecular flexibility index (Phi) is 6.89. The Hall–Kier alpha value is -1.90. The number of benzene rings is 1. The number of hydrogen-bond acceptors (Lipinski definition) is 5. The van der Waals surface area contributed by atoms with Crippen molar-refractivity contribution in [2.24, 2.45) is 0 Å². The summed E-state index contributed by atoms with van der Waals surface area (Å²) in [4.78, 5) is 33.6. The standard InChI is InChI=1S/C21H23ClFN3O2S2/c1-11(2)26-20(28)18-12(3)13(4)30-19(18)24-21(26)29-10-17(27)25(5)9-14-15(22)7-6-8-16(14)23/h6-8,11H,9-10H2,1-5H3. The first kappa shape index (κ1) is 22.8. The van der Waals surface area contributed by atoms with Crippen LogP contribution in [0.25, 0.3) is 10.2 Å². The van der Waals surface area contributed by atoms with E-state index in [2.05, 4.69) is 4.98 Å². The van der Waals surface area contributed by atoms with Crippen LogP contribution >= 0.6 is 34.7 Å². The van der Waals surface area contributed by atoms with Crippen molar-refractivity contribution in [3.05, 3.63) is 55.4 Å². The number of fused-ring (bicyclic) bond motifs is 1. The van der Waals surface area contributed by atoms with Crippen molar-refractivity contribution >= 4 is 50.8 Å². The molecule has 0 radical (unpaired) electrons. The number of nitrogens with zero attached hydrogens (tertiary/aromatic N) is 3. The van der Waals surface area contributed by atoms with Gasteiger partial charge in [0.2, 0.25) is 5.91 Å². The lowest BCUT2D eigenvalue weighted by molar-refractivity contribution is -0.127. The second-order valence-corrected chi connectivity index (χ2v) is 9.92. The van der Waals surface area contributed by atoms with Crippen molar-refractivity contribution in [2.45, 2.75) is 45.4 Å². The molecule has 0 fully saturated rings. The number of hydrogen-bond donors (Lipinski definition) is 0. The molecule has 0 unspecified atom stereocenters. The highest BCUT2D eigenvalue weighted by atomic mass is 35.5. The average Bonchev–Trinajstić information content (AvgIpc) is 2.96. The summed E-state index contributed by atoms with van der Waals surface area (Å²) in [6, 6.07) is 4.35.